The molecule has 0 spiro atoms. The van der Waals surface area contributed by atoms with Crippen molar-refractivity contribution in [1.29, 1.82) is 0 Å². The Hall–Kier alpha value is -1.99. The van der Waals surface area contributed by atoms with Crippen LogP contribution in [0.25, 0.3) is 0 Å². The summed E-state index contributed by atoms with van der Waals surface area (Å²) in [7, 11) is 0. The van der Waals surface area contributed by atoms with E-state index in [9.17, 15) is 22.8 Å². The number of carbonyl (C=O) groups is 2. The van der Waals surface area contributed by atoms with Gasteiger partial charge in [-0.05, 0) is 18.2 Å². The average Bonchev–Trinajstić information content (AvgIpc) is 3.18. The Bertz CT molecular complexity index is 901. The van der Waals surface area contributed by atoms with Crippen LogP contribution in [0, 0.1) is 0 Å². The van der Waals surface area contributed by atoms with Crippen LogP contribution in [0.1, 0.15) is 5.56 Å². The minimum absolute atomic E-state index is 0.0646. The summed E-state index contributed by atoms with van der Waals surface area (Å²) in [6.45, 7) is 1.80. The number of piperazine rings is 1. The number of alkyl halides is 3. The van der Waals surface area contributed by atoms with Crippen LogP contribution < -0.4 is 10.6 Å². The zero-order chi connectivity index (χ0) is 21.7. The van der Waals surface area contributed by atoms with Crippen LogP contribution >= 0.6 is 34.9 Å². The summed E-state index contributed by atoms with van der Waals surface area (Å²) in [6.07, 6.45) is -4.38. The molecule has 0 atom stereocenters. The van der Waals surface area contributed by atoms with E-state index in [2.05, 4.69) is 10.2 Å². The first-order valence-electron chi connectivity index (χ1n) is 8.80. The van der Waals surface area contributed by atoms with E-state index >= 15 is 0 Å². The normalized spacial score (nSPS) is 14.8. The molecule has 3 rings (SSSR count). The quantitative estimate of drug-likeness (QED) is 0.613. The fraction of sp³-hybridized carbons (Fsp3) is 0.412. The molecule has 1 fully saturated rings. The van der Waals surface area contributed by atoms with Crippen molar-refractivity contribution >= 4 is 52.4 Å². The van der Waals surface area contributed by atoms with E-state index in [1.807, 2.05) is 4.90 Å². The van der Waals surface area contributed by atoms with Crippen molar-refractivity contribution in [2.45, 2.75) is 14.9 Å². The molecule has 1 aliphatic rings. The highest BCUT2D eigenvalue weighted by Gasteiger charge is 2.31. The van der Waals surface area contributed by atoms with Gasteiger partial charge in [0.15, 0.2) is 8.68 Å². The first-order chi connectivity index (χ1) is 14.2. The molecule has 1 aromatic carbocycles. The Kier molecular flexibility index (Phi) is 7.47. The summed E-state index contributed by atoms with van der Waals surface area (Å²) in [5, 5.41) is 7.92. The van der Waals surface area contributed by atoms with Crippen LogP contribution in [0.4, 0.5) is 18.9 Å². The molecule has 0 radical (unpaired) electrons. The van der Waals surface area contributed by atoms with E-state index in [0.717, 1.165) is 12.1 Å². The SMILES string of the molecule is NC(=O)CSc1nnc(SCC(=O)N2CCN(c3cccc(C(F)(F)F)c3)CC2)s1. The Balaban J connectivity index is 1.47. The fourth-order valence-electron chi connectivity index (χ4n) is 2.75. The van der Waals surface area contributed by atoms with Gasteiger partial charge in [0, 0.05) is 31.9 Å². The number of benzene rings is 1. The number of halogens is 3. The van der Waals surface area contributed by atoms with Gasteiger partial charge in [-0.1, -0.05) is 40.9 Å². The minimum atomic E-state index is -4.38. The summed E-state index contributed by atoms with van der Waals surface area (Å²) in [4.78, 5) is 26.8. The van der Waals surface area contributed by atoms with E-state index in [1.165, 1.54) is 40.9 Å². The number of hydrogen-bond acceptors (Lipinski definition) is 8. The number of aromatic nitrogens is 2. The van der Waals surface area contributed by atoms with Gasteiger partial charge in [0.05, 0.1) is 17.1 Å². The first-order valence-corrected chi connectivity index (χ1v) is 11.6. The maximum Gasteiger partial charge on any atom is 0.416 e. The predicted molar refractivity (Wildman–Crippen MR) is 111 cm³/mol. The number of nitrogens with zero attached hydrogens (tertiary/aromatic N) is 4. The van der Waals surface area contributed by atoms with Crippen LogP contribution in [0.3, 0.4) is 0 Å². The highest BCUT2D eigenvalue weighted by molar-refractivity contribution is 8.03. The summed E-state index contributed by atoms with van der Waals surface area (Å²) in [5.41, 5.74) is 4.91. The van der Waals surface area contributed by atoms with E-state index in [1.54, 1.807) is 11.0 Å². The lowest BCUT2D eigenvalue weighted by molar-refractivity contribution is -0.137. The van der Waals surface area contributed by atoms with Gasteiger partial charge in [0.1, 0.15) is 0 Å². The molecule has 2 heterocycles. The number of anilines is 1. The van der Waals surface area contributed by atoms with E-state index in [0.29, 0.717) is 40.5 Å². The number of thioether (sulfide) groups is 2. The van der Waals surface area contributed by atoms with E-state index in [4.69, 9.17) is 5.73 Å². The van der Waals surface area contributed by atoms with Crippen molar-refractivity contribution in [3.63, 3.8) is 0 Å². The molecule has 13 heteroatoms. The molecule has 162 valence electrons. The molecule has 0 unspecified atom stereocenters. The molecular formula is C17H18F3N5O2S3. The first kappa shape index (κ1) is 22.7. The summed E-state index contributed by atoms with van der Waals surface area (Å²) >= 11 is 3.75. The molecule has 30 heavy (non-hydrogen) atoms. The topological polar surface area (TPSA) is 92.4 Å². The third-order valence-electron chi connectivity index (χ3n) is 4.22. The Morgan fingerprint density at radius 2 is 1.70 bits per heavy atom. The fourth-order valence-corrected chi connectivity index (χ4v) is 5.42. The lowest BCUT2D eigenvalue weighted by Crippen LogP contribution is -2.49. The average molecular weight is 478 g/mol. The molecule has 1 aromatic heterocycles. The second-order valence-corrected chi connectivity index (χ2v) is 9.72. The van der Waals surface area contributed by atoms with Gasteiger partial charge < -0.3 is 15.5 Å². The van der Waals surface area contributed by atoms with Gasteiger partial charge >= 0.3 is 6.18 Å². The minimum Gasteiger partial charge on any atom is -0.369 e. The molecule has 1 aliphatic heterocycles. The van der Waals surface area contributed by atoms with Crippen LogP contribution in [-0.4, -0.2) is 64.6 Å². The maximum atomic E-state index is 12.9. The number of nitrogens with two attached hydrogens (primary N) is 1. The second-order valence-electron chi connectivity index (χ2n) is 6.29. The van der Waals surface area contributed by atoms with Crippen molar-refractivity contribution in [2.75, 3.05) is 42.6 Å². The Morgan fingerprint density at radius 1 is 1.07 bits per heavy atom. The van der Waals surface area contributed by atoms with Crippen LogP contribution in [0.5, 0.6) is 0 Å². The molecule has 7 nitrogen and oxygen atoms in total. The number of amides is 2. The van der Waals surface area contributed by atoms with Crippen molar-refractivity contribution in [1.82, 2.24) is 15.1 Å². The highest BCUT2D eigenvalue weighted by Crippen LogP contribution is 2.32. The summed E-state index contributed by atoms with van der Waals surface area (Å²) < 4.78 is 39.9. The molecular weight excluding hydrogens is 459 g/mol. The second kappa shape index (κ2) is 9.88. The molecule has 1 saturated heterocycles. The molecule has 2 amide bonds. The predicted octanol–water partition coefficient (Wildman–Crippen LogP) is 2.58. The third kappa shape index (κ3) is 6.25. The van der Waals surface area contributed by atoms with Crippen LogP contribution in [0.15, 0.2) is 32.9 Å². The van der Waals surface area contributed by atoms with Gasteiger partial charge in [0.2, 0.25) is 11.8 Å². The van der Waals surface area contributed by atoms with Crippen LogP contribution in [-0.2, 0) is 15.8 Å². The van der Waals surface area contributed by atoms with Crippen molar-refractivity contribution in [3.05, 3.63) is 29.8 Å². The third-order valence-corrected chi connectivity index (χ3v) is 7.41. The largest absolute Gasteiger partial charge is 0.416 e. The maximum absolute atomic E-state index is 12.9. The Morgan fingerprint density at radius 3 is 2.30 bits per heavy atom. The smallest absolute Gasteiger partial charge is 0.369 e. The molecule has 0 aliphatic carbocycles. The van der Waals surface area contributed by atoms with Crippen molar-refractivity contribution < 1.29 is 22.8 Å². The van der Waals surface area contributed by atoms with Crippen LogP contribution in [0.2, 0.25) is 0 Å². The molecule has 0 saturated carbocycles. The van der Waals surface area contributed by atoms with Gasteiger partial charge in [0.25, 0.3) is 0 Å². The van der Waals surface area contributed by atoms with E-state index < -0.39 is 17.6 Å². The lowest BCUT2D eigenvalue weighted by Gasteiger charge is -2.36. The number of carbonyl (C=O) groups excluding carboxylic acids is 2. The zero-order valence-corrected chi connectivity index (χ0v) is 18.0. The highest BCUT2D eigenvalue weighted by atomic mass is 32.2. The van der Waals surface area contributed by atoms with Gasteiger partial charge in [-0.3, -0.25) is 9.59 Å². The van der Waals surface area contributed by atoms with Crippen molar-refractivity contribution in [2.24, 2.45) is 5.73 Å². The number of primary amides is 1. The lowest BCUT2D eigenvalue weighted by atomic mass is 10.1. The van der Waals surface area contributed by atoms with E-state index in [-0.39, 0.29) is 17.4 Å². The molecule has 0 bridgehead atoms. The monoisotopic (exact) mass is 477 g/mol. The molecule has 2 aromatic rings. The number of hydrogen-bond donors (Lipinski definition) is 1. The summed E-state index contributed by atoms with van der Waals surface area (Å²) in [5.74, 6) is -0.193. The standard InChI is InChI=1S/C17H18F3N5O2S3/c18-17(19,20)11-2-1-3-12(8-11)24-4-6-25(7-5-24)14(27)10-29-16-23-22-15(30-16)28-9-13(21)26/h1-3,8H,4-7,9-10H2,(H2,21,26). The number of rotatable bonds is 7. The van der Waals surface area contributed by atoms with Crippen molar-refractivity contribution in [3.8, 4) is 0 Å². The summed E-state index contributed by atoms with van der Waals surface area (Å²) in [6, 6.07) is 5.22. The van der Waals surface area contributed by atoms with Gasteiger partial charge in [-0.15, -0.1) is 10.2 Å². The Labute approximate surface area is 183 Å². The van der Waals surface area contributed by atoms with Gasteiger partial charge in [-0.2, -0.15) is 13.2 Å². The van der Waals surface area contributed by atoms with Gasteiger partial charge in [-0.25, -0.2) is 0 Å². The zero-order valence-electron chi connectivity index (χ0n) is 15.6. The molecule has 2 N–H and O–H groups in total.